The van der Waals surface area contributed by atoms with Crippen LogP contribution in [0.5, 0.6) is 5.75 Å². The Morgan fingerprint density at radius 3 is 2.85 bits per heavy atom. The molecule has 3 nitrogen and oxygen atoms in total. The van der Waals surface area contributed by atoms with E-state index in [0.29, 0.717) is 5.56 Å². The Morgan fingerprint density at radius 1 is 1.62 bits per heavy atom. The summed E-state index contributed by atoms with van der Waals surface area (Å²) in [7, 11) is 1.37. The molecule has 0 aliphatic rings. The lowest BCUT2D eigenvalue weighted by Crippen LogP contribution is -1.97. The Kier molecular flexibility index (Phi) is 3.08. The van der Waals surface area contributed by atoms with Crippen molar-refractivity contribution in [3.05, 3.63) is 29.6 Å². The van der Waals surface area contributed by atoms with Crippen LogP contribution in [-0.4, -0.2) is 17.5 Å². The van der Waals surface area contributed by atoms with E-state index in [4.69, 9.17) is 21.5 Å². The molecule has 0 fully saturated rings. The molecule has 0 unspecified atom stereocenters. The minimum absolute atomic E-state index is 0.142. The van der Waals surface area contributed by atoms with Crippen LogP contribution in [0.4, 0.5) is 4.39 Å². The molecule has 0 aromatic heterocycles. The van der Waals surface area contributed by atoms with E-state index in [1.54, 1.807) is 0 Å². The summed E-state index contributed by atoms with van der Waals surface area (Å²) in [4.78, 5) is 0. The van der Waals surface area contributed by atoms with Gasteiger partial charge in [-0.05, 0) is 12.1 Å². The number of oxime groups is 1. The van der Waals surface area contributed by atoms with Crippen LogP contribution in [0.3, 0.4) is 0 Å². The number of halogens is 2. The van der Waals surface area contributed by atoms with Crippen LogP contribution in [0.2, 0.25) is 0 Å². The van der Waals surface area contributed by atoms with E-state index in [-0.39, 0.29) is 10.9 Å². The summed E-state index contributed by atoms with van der Waals surface area (Å²) >= 11 is 5.52. The van der Waals surface area contributed by atoms with Crippen molar-refractivity contribution in [2.45, 2.75) is 0 Å². The number of nitrogens with zero attached hydrogens (tertiary/aromatic N) is 1. The lowest BCUT2D eigenvalue weighted by molar-refractivity contribution is 0.320. The monoisotopic (exact) mass is 203 g/mol. The third-order valence-corrected chi connectivity index (χ3v) is 1.75. The smallest absolute Gasteiger partial charge is 0.179 e. The fourth-order valence-corrected chi connectivity index (χ4v) is 1.05. The van der Waals surface area contributed by atoms with E-state index in [1.807, 2.05) is 0 Å². The molecule has 0 aliphatic carbocycles. The van der Waals surface area contributed by atoms with Crippen molar-refractivity contribution in [1.29, 1.82) is 0 Å². The van der Waals surface area contributed by atoms with Gasteiger partial charge in [-0.25, -0.2) is 4.39 Å². The van der Waals surface area contributed by atoms with E-state index in [2.05, 4.69) is 5.16 Å². The first-order chi connectivity index (χ1) is 6.19. The molecule has 70 valence electrons. The van der Waals surface area contributed by atoms with Crippen LogP contribution in [0.1, 0.15) is 5.56 Å². The number of methoxy groups -OCH3 is 1. The maximum atomic E-state index is 12.7. The minimum Gasteiger partial charge on any atom is -0.496 e. The highest BCUT2D eigenvalue weighted by atomic mass is 35.5. The molecule has 0 atom stereocenters. The molecule has 5 heteroatoms. The van der Waals surface area contributed by atoms with E-state index < -0.39 is 5.82 Å². The minimum atomic E-state index is -0.442. The van der Waals surface area contributed by atoms with Gasteiger partial charge in [0.2, 0.25) is 0 Å². The quantitative estimate of drug-likeness (QED) is 0.455. The van der Waals surface area contributed by atoms with Crippen LogP contribution >= 0.6 is 11.6 Å². The Hall–Kier alpha value is -1.29. The topological polar surface area (TPSA) is 41.8 Å². The summed E-state index contributed by atoms with van der Waals surface area (Å²) in [6.07, 6.45) is 0. The first-order valence-electron chi connectivity index (χ1n) is 3.40. The van der Waals surface area contributed by atoms with Gasteiger partial charge in [0.25, 0.3) is 0 Å². The van der Waals surface area contributed by atoms with Crippen molar-refractivity contribution in [2.24, 2.45) is 5.16 Å². The summed E-state index contributed by atoms with van der Waals surface area (Å²) < 4.78 is 17.5. The predicted octanol–water partition coefficient (Wildman–Crippen LogP) is 2.21. The maximum Gasteiger partial charge on any atom is 0.179 e. The van der Waals surface area contributed by atoms with Crippen LogP contribution in [-0.2, 0) is 0 Å². The van der Waals surface area contributed by atoms with Crippen LogP contribution in [0.25, 0.3) is 0 Å². The summed E-state index contributed by atoms with van der Waals surface area (Å²) in [6, 6.07) is 3.73. The van der Waals surface area contributed by atoms with E-state index in [9.17, 15) is 4.39 Å². The molecule has 0 saturated carbocycles. The second-order valence-electron chi connectivity index (χ2n) is 2.24. The van der Waals surface area contributed by atoms with Crippen LogP contribution in [0, 0.1) is 5.82 Å². The first-order valence-corrected chi connectivity index (χ1v) is 3.78. The SMILES string of the molecule is COc1cc(F)ccc1C(Cl)=NO. The standard InChI is InChI=1S/C8H7ClFNO2/c1-13-7-4-5(10)2-3-6(7)8(9)11-12/h2-4,12H,1H3. The van der Waals surface area contributed by atoms with E-state index in [1.165, 1.54) is 19.2 Å². The third kappa shape index (κ3) is 2.09. The highest BCUT2D eigenvalue weighted by molar-refractivity contribution is 6.69. The van der Waals surface area contributed by atoms with Crippen molar-refractivity contribution in [3.8, 4) is 5.75 Å². The zero-order valence-electron chi connectivity index (χ0n) is 6.79. The molecule has 0 saturated heterocycles. The Labute approximate surface area is 79.4 Å². The molecule has 13 heavy (non-hydrogen) atoms. The van der Waals surface area contributed by atoms with Crippen molar-refractivity contribution >= 4 is 16.8 Å². The zero-order valence-corrected chi connectivity index (χ0v) is 7.55. The van der Waals surface area contributed by atoms with Crippen LogP contribution in [0.15, 0.2) is 23.4 Å². The molecule has 0 radical (unpaired) electrons. The maximum absolute atomic E-state index is 12.7. The van der Waals surface area contributed by atoms with Gasteiger partial charge in [-0.1, -0.05) is 16.8 Å². The number of hydrogen-bond donors (Lipinski definition) is 1. The van der Waals surface area contributed by atoms with Crippen molar-refractivity contribution < 1.29 is 14.3 Å². The summed E-state index contributed by atoms with van der Waals surface area (Å²) in [6.45, 7) is 0. The largest absolute Gasteiger partial charge is 0.496 e. The lowest BCUT2D eigenvalue weighted by atomic mass is 10.2. The van der Waals surface area contributed by atoms with Gasteiger partial charge in [-0.15, -0.1) is 0 Å². The summed E-state index contributed by atoms with van der Waals surface area (Å²) in [5.41, 5.74) is 0.341. The van der Waals surface area contributed by atoms with Gasteiger partial charge in [0, 0.05) is 6.07 Å². The molecule has 0 bridgehead atoms. The zero-order chi connectivity index (χ0) is 9.84. The molecule has 1 aromatic carbocycles. The highest BCUT2D eigenvalue weighted by Crippen LogP contribution is 2.21. The molecular weight excluding hydrogens is 197 g/mol. The molecule has 1 aromatic rings. The number of rotatable bonds is 2. The molecule has 0 aliphatic heterocycles. The number of ether oxygens (including phenoxy) is 1. The molecule has 0 spiro atoms. The third-order valence-electron chi connectivity index (χ3n) is 1.47. The first kappa shape index (κ1) is 9.80. The van der Waals surface area contributed by atoms with Gasteiger partial charge >= 0.3 is 0 Å². The van der Waals surface area contributed by atoms with E-state index in [0.717, 1.165) is 6.07 Å². The highest BCUT2D eigenvalue weighted by Gasteiger charge is 2.08. The predicted molar refractivity (Wildman–Crippen MR) is 47.1 cm³/mol. The average molecular weight is 204 g/mol. The molecule has 1 N–H and O–H groups in total. The van der Waals surface area contributed by atoms with Crippen molar-refractivity contribution in [3.63, 3.8) is 0 Å². The molecular formula is C8H7ClFNO2. The normalized spacial score (nSPS) is 11.5. The fraction of sp³-hybridized carbons (Fsp3) is 0.125. The Bertz CT molecular complexity index is 341. The van der Waals surface area contributed by atoms with Crippen LogP contribution < -0.4 is 4.74 Å². The second kappa shape index (κ2) is 4.09. The molecule has 0 heterocycles. The van der Waals surface area contributed by atoms with Gasteiger partial charge in [0.15, 0.2) is 5.17 Å². The van der Waals surface area contributed by atoms with Gasteiger partial charge in [0.1, 0.15) is 11.6 Å². The van der Waals surface area contributed by atoms with Gasteiger partial charge < -0.3 is 9.94 Å². The Balaban J connectivity index is 3.21. The number of benzene rings is 1. The summed E-state index contributed by atoms with van der Waals surface area (Å²) in [5.74, 6) is -0.217. The fourth-order valence-electron chi connectivity index (χ4n) is 0.889. The molecule has 0 amide bonds. The van der Waals surface area contributed by atoms with Crippen molar-refractivity contribution in [1.82, 2.24) is 0 Å². The Morgan fingerprint density at radius 2 is 2.31 bits per heavy atom. The summed E-state index contributed by atoms with van der Waals surface area (Å²) in [5, 5.41) is 11.0. The number of hydrogen-bond acceptors (Lipinski definition) is 3. The van der Waals surface area contributed by atoms with E-state index >= 15 is 0 Å². The average Bonchev–Trinajstić information content (AvgIpc) is 2.16. The van der Waals surface area contributed by atoms with Crippen molar-refractivity contribution in [2.75, 3.05) is 7.11 Å². The lowest BCUT2D eigenvalue weighted by Gasteiger charge is -2.04. The molecule has 1 rings (SSSR count). The van der Waals surface area contributed by atoms with Gasteiger partial charge in [0.05, 0.1) is 12.7 Å². The van der Waals surface area contributed by atoms with Gasteiger partial charge in [-0.2, -0.15) is 0 Å². The van der Waals surface area contributed by atoms with Gasteiger partial charge in [-0.3, -0.25) is 0 Å². The second-order valence-corrected chi connectivity index (χ2v) is 2.59.